The molecule has 0 rings (SSSR count). The average molecular weight is 211 g/mol. The lowest BCUT2D eigenvalue weighted by atomic mass is 10.3. The molecular weight excluding hydrogens is 196 g/mol. The molecular formula is C8H15F2NO3. The molecule has 0 aliphatic carbocycles. The lowest BCUT2D eigenvalue weighted by Gasteiger charge is -2.23. The van der Waals surface area contributed by atoms with Crippen LogP contribution in [0.1, 0.15) is 13.3 Å². The summed E-state index contributed by atoms with van der Waals surface area (Å²) in [6.45, 7) is 1.11. The number of carboxylic acid groups (broad SMARTS) is 1. The molecule has 0 heterocycles. The molecule has 84 valence electrons. The Hall–Kier alpha value is -0.750. The SMILES string of the molecule is CCCN(CCO)CC(F)(F)C(=O)O. The van der Waals surface area contributed by atoms with Gasteiger partial charge in [-0.2, -0.15) is 8.78 Å². The highest BCUT2D eigenvalue weighted by molar-refractivity contribution is 5.75. The lowest BCUT2D eigenvalue weighted by Crippen LogP contribution is -2.43. The fourth-order valence-corrected chi connectivity index (χ4v) is 1.08. The van der Waals surface area contributed by atoms with Gasteiger partial charge in [-0.25, -0.2) is 4.79 Å². The molecule has 0 bridgehead atoms. The van der Waals surface area contributed by atoms with Gasteiger partial charge in [0.1, 0.15) is 0 Å². The number of carbonyl (C=O) groups is 1. The molecule has 0 amide bonds. The third kappa shape index (κ3) is 4.48. The summed E-state index contributed by atoms with van der Waals surface area (Å²) in [4.78, 5) is 11.4. The second kappa shape index (κ2) is 5.87. The third-order valence-corrected chi connectivity index (χ3v) is 1.69. The van der Waals surface area contributed by atoms with Crippen molar-refractivity contribution in [1.29, 1.82) is 0 Å². The minimum atomic E-state index is -3.75. The maximum atomic E-state index is 12.7. The van der Waals surface area contributed by atoms with E-state index in [-0.39, 0.29) is 13.2 Å². The second-order valence-corrected chi connectivity index (χ2v) is 3.01. The number of aliphatic hydroxyl groups excluding tert-OH is 1. The molecule has 0 spiro atoms. The van der Waals surface area contributed by atoms with Crippen molar-refractivity contribution >= 4 is 5.97 Å². The summed E-state index contributed by atoms with van der Waals surface area (Å²) in [5.74, 6) is -5.87. The third-order valence-electron chi connectivity index (χ3n) is 1.69. The average Bonchev–Trinajstić information content (AvgIpc) is 2.04. The highest BCUT2D eigenvalue weighted by atomic mass is 19.3. The molecule has 14 heavy (non-hydrogen) atoms. The zero-order valence-electron chi connectivity index (χ0n) is 8.04. The van der Waals surface area contributed by atoms with Crippen LogP contribution in [0.3, 0.4) is 0 Å². The zero-order valence-corrected chi connectivity index (χ0v) is 8.04. The van der Waals surface area contributed by atoms with Gasteiger partial charge in [0, 0.05) is 6.54 Å². The highest BCUT2D eigenvalue weighted by Gasteiger charge is 2.40. The summed E-state index contributed by atoms with van der Waals surface area (Å²) in [6, 6.07) is 0. The number of nitrogens with zero attached hydrogens (tertiary/aromatic N) is 1. The van der Waals surface area contributed by atoms with Crippen LogP contribution in [-0.4, -0.2) is 53.2 Å². The number of hydrogen-bond acceptors (Lipinski definition) is 3. The topological polar surface area (TPSA) is 60.8 Å². The van der Waals surface area contributed by atoms with Crippen molar-refractivity contribution < 1.29 is 23.8 Å². The van der Waals surface area contributed by atoms with E-state index in [1.807, 2.05) is 0 Å². The van der Waals surface area contributed by atoms with Gasteiger partial charge in [-0.1, -0.05) is 6.92 Å². The van der Waals surface area contributed by atoms with Crippen molar-refractivity contribution in [2.75, 3.05) is 26.2 Å². The second-order valence-electron chi connectivity index (χ2n) is 3.01. The van der Waals surface area contributed by atoms with Gasteiger partial charge in [0.05, 0.1) is 13.2 Å². The quantitative estimate of drug-likeness (QED) is 0.640. The minimum Gasteiger partial charge on any atom is -0.477 e. The van der Waals surface area contributed by atoms with Gasteiger partial charge in [0.25, 0.3) is 0 Å². The van der Waals surface area contributed by atoms with Crippen LogP contribution < -0.4 is 0 Å². The van der Waals surface area contributed by atoms with E-state index in [0.29, 0.717) is 13.0 Å². The predicted molar refractivity (Wildman–Crippen MR) is 46.4 cm³/mol. The molecule has 0 aromatic carbocycles. The number of halogens is 2. The first-order valence-electron chi connectivity index (χ1n) is 4.38. The molecule has 4 nitrogen and oxygen atoms in total. The lowest BCUT2D eigenvalue weighted by molar-refractivity contribution is -0.167. The van der Waals surface area contributed by atoms with Crippen LogP contribution in [0.25, 0.3) is 0 Å². The summed E-state index contributed by atoms with van der Waals surface area (Å²) >= 11 is 0. The van der Waals surface area contributed by atoms with E-state index < -0.39 is 18.4 Å². The molecule has 0 saturated carbocycles. The molecule has 0 aliphatic rings. The molecule has 0 fully saturated rings. The van der Waals surface area contributed by atoms with Gasteiger partial charge in [-0.3, -0.25) is 4.90 Å². The van der Waals surface area contributed by atoms with Crippen LogP contribution in [0.5, 0.6) is 0 Å². The minimum absolute atomic E-state index is 0.0662. The van der Waals surface area contributed by atoms with Gasteiger partial charge in [0.2, 0.25) is 0 Å². The van der Waals surface area contributed by atoms with E-state index in [1.54, 1.807) is 6.92 Å². The van der Waals surface area contributed by atoms with Gasteiger partial charge in [0.15, 0.2) is 0 Å². The molecule has 0 atom stereocenters. The van der Waals surface area contributed by atoms with Crippen LogP contribution in [0.4, 0.5) is 8.78 Å². The normalized spacial score (nSPS) is 12.1. The number of rotatable bonds is 7. The van der Waals surface area contributed by atoms with Gasteiger partial charge in [-0.15, -0.1) is 0 Å². The predicted octanol–water partition coefficient (Wildman–Crippen LogP) is 0.411. The van der Waals surface area contributed by atoms with Crippen LogP contribution in [-0.2, 0) is 4.79 Å². The van der Waals surface area contributed by atoms with E-state index in [0.717, 1.165) is 0 Å². The fraction of sp³-hybridized carbons (Fsp3) is 0.875. The van der Waals surface area contributed by atoms with E-state index in [9.17, 15) is 13.6 Å². The maximum absolute atomic E-state index is 12.7. The molecule has 0 aromatic heterocycles. The Morgan fingerprint density at radius 2 is 2.00 bits per heavy atom. The van der Waals surface area contributed by atoms with Crippen LogP contribution >= 0.6 is 0 Å². The monoisotopic (exact) mass is 211 g/mol. The maximum Gasteiger partial charge on any atom is 0.375 e. The van der Waals surface area contributed by atoms with Crippen molar-refractivity contribution in [2.45, 2.75) is 19.3 Å². The highest BCUT2D eigenvalue weighted by Crippen LogP contribution is 2.15. The molecule has 2 N–H and O–H groups in total. The first-order chi connectivity index (χ1) is 6.44. The molecule has 0 aromatic rings. The smallest absolute Gasteiger partial charge is 0.375 e. The van der Waals surface area contributed by atoms with Crippen LogP contribution in [0.15, 0.2) is 0 Å². The summed E-state index contributed by atoms with van der Waals surface area (Å²) in [7, 11) is 0. The van der Waals surface area contributed by atoms with Crippen molar-refractivity contribution in [3.05, 3.63) is 0 Å². The van der Waals surface area contributed by atoms with Gasteiger partial charge < -0.3 is 10.2 Å². The Bertz CT molecular complexity index is 181. The van der Waals surface area contributed by atoms with Gasteiger partial charge >= 0.3 is 11.9 Å². The number of alkyl halides is 2. The largest absolute Gasteiger partial charge is 0.477 e. The van der Waals surface area contributed by atoms with E-state index >= 15 is 0 Å². The standard InChI is InChI=1S/C8H15F2NO3/c1-2-3-11(4-5-12)6-8(9,10)7(13)14/h12H,2-6H2,1H3,(H,13,14). The Balaban J connectivity index is 4.19. The number of aliphatic hydroxyl groups is 1. The first-order valence-corrected chi connectivity index (χ1v) is 4.38. The molecule has 0 saturated heterocycles. The summed E-state index contributed by atoms with van der Waals surface area (Å²) in [5, 5.41) is 16.8. The molecule has 0 unspecified atom stereocenters. The summed E-state index contributed by atoms with van der Waals surface area (Å²) < 4.78 is 25.4. The molecule has 0 radical (unpaired) electrons. The van der Waals surface area contributed by atoms with Crippen LogP contribution in [0.2, 0.25) is 0 Å². The van der Waals surface area contributed by atoms with Gasteiger partial charge in [-0.05, 0) is 13.0 Å². The molecule has 0 aliphatic heterocycles. The molecule has 6 heteroatoms. The van der Waals surface area contributed by atoms with Crippen molar-refractivity contribution in [2.24, 2.45) is 0 Å². The summed E-state index contributed by atoms with van der Waals surface area (Å²) in [5.41, 5.74) is 0. The van der Waals surface area contributed by atoms with E-state index in [1.165, 1.54) is 4.90 Å². The van der Waals surface area contributed by atoms with Crippen LogP contribution in [0, 0.1) is 0 Å². The van der Waals surface area contributed by atoms with E-state index in [4.69, 9.17) is 10.2 Å². The number of hydrogen-bond donors (Lipinski definition) is 2. The summed E-state index contributed by atoms with van der Waals surface area (Å²) in [6.07, 6.45) is 0.635. The number of aliphatic carboxylic acids is 1. The first kappa shape index (κ1) is 13.2. The van der Waals surface area contributed by atoms with Crippen molar-refractivity contribution in [3.8, 4) is 0 Å². The van der Waals surface area contributed by atoms with Crippen molar-refractivity contribution in [1.82, 2.24) is 4.90 Å². The Kier molecular flexibility index (Phi) is 5.56. The van der Waals surface area contributed by atoms with Crippen molar-refractivity contribution in [3.63, 3.8) is 0 Å². The Morgan fingerprint density at radius 3 is 2.36 bits per heavy atom. The fourth-order valence-electron chi connectivity index (χ4n) is 1.08. The number of carboxylic acids is 1. The Labute approximate surface area is 81.1 Å². The Morgan fingerprint density at radius 1 is 1.43 bits per heavy atom. The zero-order chi connectivity index (χ0) is 11.2. The van der Waals surface area contributed by atoms with E-state index in [2.05, 4.69) is 0 Å².